The monoisotopic (exact) mass is 437 g/mol. The zero-order valence-electron chi connectivity index (χ0n) is 18.6. The molecule has 6 rings (SSSR count). The van der Waals surface area contributed by atoms with Crippen LogP contribution in [0, 0.1) is 17.8 Å². The van der Waals surface area contributed by atoms with Crippen LogP contribution in [0.15, 0.2) is 30.3 Å². The first-order valence-corrected chi connectivity index (χ1v) is 11.4. The van der Waals surface area contributed by atoms with Crippen LogP contribution in [0.4, 0.5) is 0 Å². The third-order valence-electron chi connectivity index (χ3n) is 8.03. The van der Waals surface area contributed by atoms with Crippen LogP contribution >= 0.6 is 0 Å². The molecule has 0 saturated heterocycles. The number of rotatable bonds is 6. The summed E-state index contributed by atoms with van der Waals surface area (Å²) >= 11 is 0. The van der Waals surface area contributed by atoms with Gasteiger partial charge in [0.25, 0.3) is 5.91 Å². The van der Waals surface area contributed by atoms with Gasteiger partial charge in [-0.15, -0.1) is 0 Å². The molecule has 0 spiro atoms. The fourth-order valence-corrected chi connectivity index (χ4v) is 7.31. The van der Waals surface area contributed by atoms with E-state index in [0.717, 1.165) is 24.8 Å². The number of aliphatic hydroxyl groups is 1. The van der Waals surface area contributed by atoms with Crippen molar-refractivity contribution in [3.05, 3.63) is 52.6 Å². The van der Waals surface area contributed by atoms with Crippen molar-refractivity contribution in [2.24, 2.45) is 23.5 Å². The van der Waals surface area contributed by atoms with Gasteiger partial charge in [0.05, 0.1) is 19.8 Å². The smallest absolute Gasteiger partial charge is 0.252 e. The predicted molar refractivity (Wildman–Crippen MR) is 120 cm³/mol. The van der Waals surface area contributed by atoms with Gasteiger partial charge in [0.2, 0.25) is 0 Å². The van der Waals surface area contributed by atoms with Crippen molar-refractivity contribution in [1.82, 2.24) is 0 Å². The molecule has 6 nitrogen and oxygen atoms in total. The third-order valence-corrected chi connectivity index (χ3v) is 8.03. The second kappa shape index (κ2) is 7.69. The lowest BCUT2D eigenvalue weighted by Gasteiger charge is -2.57. The molecule has 4 fully saturated rings. The van der Waals surface area contributed by atoms with Gasteiger partial charge in [0.15, 0.2) is 11.5 Å². The van der Waals surface area contributed by atoms with Crippen molar-refractivity contribution in [2.45, 2.75) is 50.0 Å². The van der Waals surface area contributed by atoms with Gasteiger partial charge in [0, 0.05) is 16.5 Å². The van der Waals surface area contributed by atoms with Gasteiger partial charge in [-0.2, -0.15) is 0 Å². The van der Waals surface area contributed by atoms with Crippen molar-refractivity contribution in [3.8, 4) is 17.2 Å². The Morgan fingerprint density at radius 2 is 1.56 bits per heavy atom. The Labute approximate surface area is 188 Å². The Hall–Kier alpha value is -2.73. The molecule has 170 valence electrons. The van der Waals surface area contributed by atoms with Gasteiger partial charge in [-0.1, -0.05) is 18.2 Å². The zero-order chi connectivity index (χ0) is 22.6. The Balaban J connectivity index is 1.78. The van der Waals surface area contributed by atoms with Gasteiger partial charge in [-0.25, -0.2) is 0 Å². The van der Waals surface area contributed by atoms with Crippen molar-refractivity contribution in [1.29, 1.82) is 0 Å². The fraction of sp³-hybridized carbons (Fsp3) is 0.500. The van der Waals surface area contributed by atoms with Gasteiger partial charge >= 0.3 is 0 Å². The van der Waals surface area contributed by atoms with Crippen molar-refractivity contribution >= 4 is 5.91 Å². The molecule has 2 aromatic carbocycles. The summed E-state index contributed by atoms with van der Waals surface area (Å²) in [5, 5.41) is 22.0. The first-order valence-electron chi connectivity index (χ1n) is 11.4. The molecular formula is C26H31NO5. The van der Waals surface area contributed by atoms with E-state index in [1.54, 1.807) is 37.4 Å². The summed E-state index contributed by atoms with van der Waals surface area (Å²) in [4.78, 5) is 12.3. The van der Waals surface area contributed by atoms with Crippen LogP contribution in [0.2, 0.25) is 0 Å². The van der Waals surface area contributed by atoms with Crippen LogP contribution in [0.5, 0.6) is 17.2 Å². The maximum atomic E-state index is 12.3. The van der Waals surface area contributed by atoms with E-state index in [4.69, 9.17) is 15.2 Å². The van der Waals surface area contributed by atoms with E-state index < -0.39 is 12.0 Å². The summed E-state index contributed by atoms with van der Waals surface area (Å²) in [6.45, 7) is 0. The molecule has 1 unspecified atom stereocenters. The van der Waals surface area contributed by atoms with Crippen molar-refractivity contribution in [3.63, 3.8) is 0 Å². The van der Waals surface area contributed by atoms with E-state index in [-0.39, 0.29) is 16.7 Å². The first kappa shape index (κ1) is 21.1. The maximum Gasteiger partial charge on any atom is 0.252 e. The zero-order valence-corrected chi connectivity index (χ0v) is 18.6. The normalized spacial score (nSPS) is 29.0. The van der Waals surface area contributed by atoms with E-state index in [9.17, 15) is 15.0 Å². The molecule has 0 heterocycles. The summed E-state index contributed by atoms with van der Waals surface area (Å²) in [7, 11) is 3.08. The van der Waals surface area contributed by atoms with Crippen LogP contribution in [0.1, 0.15) is 71.7 Å². The van der Waals surface area contributed by atoms with Crippen LogP contribution in [0.3, 0.4) is 0 Å². The standard InChI is InChI=1S/C26H31NO5/c1-31-23-19(25(27)30)10-18(22(29)17-5-3-4-6-20(17)28)21(24(23)32-2)26-11-14-7-15(12-26)9-16(8-14)13-26/h3-6,10,14-16,22,28-29H,7-9,11-13H2,1-2H3,(H2,27,30). The molecule has 1 atom stereocenters. The van der Waals surface area contributed by atoms with E-state index in [2.05, 4.69) is 0 Å². The molecule has 4 aliphatic rings. The number of para-hydroxylation sites is 1. The lowest BCUT2D eigenvalue weighted by atomic mass is 9.47. The van der Waals surface area contributed by atoms with Gasteiger partial charge in [0.1, 0.15) is 11.9 Å². The third kappa shape index (κ3) is 3.15. The van der Waals surface area contributed by atoms with Crippen molar-refractivity contribution < 1.29 is 24.5 Å². The molecule has 4 bridgehead atoms. The Bertz CT molecular complexity index is 1030. The summed E-state index contributed by atoms with van der Waals surface area (Å²) in [6, 6.07) is 8.39. The number of hydrogen-bond donors (Lipinski definition) is 3. The highest BCUT2D eigenvalue weighted by molar-refractivity contribution is 5.97. The molecular weight excluding hydrogens is 406 g/mol. The summed E-state index contributed by atoms with van der Waals surface area (Å²) < 4.78 is 11.5. The summed E-state index contributed by atoms with van der Waals surface area (Å²) in [5.41, 5.74) is 7.60. The van der Waals surface area contributed by atoms with Crippen LogP contribution in [-0.2, 0) is 5.41 Å². The average Bonchev–Trinajstić information content (AvgIpc) is 2.76. The predicted octanol–water partition coefficient (Wildman–Crippen LogP) is 4.06. The highest BCUT2D eigenvalue weighted by Gasteiger charge is 2.54. The largest absolute Gasteiger partial charge is 0.508 e. The Morgan fingerprint density at radius 3 is 2.06 bits per heavy atom. The Morgan fingerprint density at radius 1 is 1.00 bits per heavy atom. The molecule has 1 amide bonds. The number of nitrogens with two attached hydrogens (primary N) is 1. The maximum absolute atomic E-state index is 12.3. The van der Waals surface area contributed by atoms with Gasteiger partial charge in [-0.05, 0) is 74.0 Å². The molecule has 2 aromatic rings. The topological polar surface area (TPSA) is 102 Å². The van der Waals surface area contributed by atoms with Gasteiger partial charge in [-0.3, -0.25) is 4.79 Å². The average molecular weight is 438 g/mol. The number of amides is 1. The number of aromatic hydroxyl groups is 1. The number of hydrogen-bond acceptors (Lipinski definition) is 5. The van der Waals surface area contributed by atoms with Crippen LogP contribution in [-0.4, -0.2) is 30.3 Å². The molecule has 6 heteroatoms. The second-order valence-electron chi connectivity index (χ2n) is 9.98. The minimum absolute atomic E-state index is 0.00636. The fourth-order valence-electron chi connectivity index (χ4n) is 7.31. The number of carbonyl (C=O) groups excluding carboxylic acids is 1. The number of ether oxygens (including phenoxy) is 2. The van der Waals surface area contributed by atoms with E-state index in [0.29, 0.717) is 40.4 Å². The second-order valence-corrected chi connectivity index (χ2v) is 9.98. The van der Waals surface area contributed by atoms with Crippen LogP contribution in [0.25, 0.3) is 0 Å². The number of phenols is 1. The molecule has 4 saturated carbocycles. The van der Waals surface area contributed by atoms with E-state index in [1.165, 1.54) is 26.4 Å². The Kier molecular flexibility index (Phi) is 5.08. The number of phenolic OH excluding ortho intramolecular Hbond substituents is 1. The number of methoxy groups -OCH3 is 2. The van der Waals surface area contributed by atoms with Crippen molar-refractivity contribution in [2.75, 3.05) is 14.2 Å². The molecule has 0 radical (unpaired) electrons. The minimum Gasteiger partial charge on any atom is -0.508 e. The number of primary amides is 1. The highest BCUT2D eigenvalue weighted by atomic mass is 16.5. The lowest BCUT2D eigenvalue weighted by molar-refractivity contribution is -0.00752. The summed E-state index contributed by atoms with van der Waals surface area (Å²) in [6.07, 6.45) is 5.80. The first-order chi connectivity index (χ1) is 15.4. The quantitative estimate of drug-likeness (QED) is 0.633. The number of carbonyl (C=O) groups is 1. The number of aliphatic hydroxyl groups excluding tert-OH is 1. The minimum atomic E-state index is -1.13. The highest BCUT2D eigenvalue weighted by Crippen LogP contribution is 2.64. The molecule has 32 heavy (non-hydrogen) atoms. The van der Waals surface area contributed by atoms with Crippen LogP contribution < -0.4 is 15.2 Å². The lowest BCUT2D eigenvalue weighted by Crippen LogP contribution is -2.49. The van der Waals surface area contributed by atoms with E-state index >= 15 is 0 Å². The number of benzene rings is 2. The summed E-state index contributed by atoms with van der Waals surface area (Å²) in [5.74, 6) is 2.16. The molecule has 4 aliphatic carbocycles. The van der Waals surface area contributed by atoms with Gasteiger partial charge < -0.3 is 25.4 Å². The molecule has 0 aliphatic heterocycles. The molecule has 4 N–H and O–H groups in total. The van der Waals surface area contributed by atoms with E-state index in [1.807, 2.05) is 0 Å². The molecule has 0 aromatic heterocycles. The SMILES string of the molecule is COc1c(C(N)=O)cc(C(O)c2ccccc2O)c(C23CC4CC(CC(C4)C2)C3)c1OC.